The number of nitrogens with zero attached hydrogens (tertiary/aromatic N) is 1. The highest BCUT2D eigenvalue weighted by atomic mass is 35.5. The molecule has 0 spiro atoms. The van der Waals surface area contributed by atoms with Gasteiger partial charge in [0.15, 0.2) is 5.76 Å². The highest BCUT2D eigenvalue weighted by Gasteiger charge is 2.16. The van der Waals surface area contributed by atoms with Gasteiger partial charge in [0.25, 0.3) is 0 Å². The second-order valence-electron chi connectivity index (χ2n) is 2.46. The molecule has 0 aliphatic heterocycles. The molecule has 0 bridgehead atoms. The van der Waals surface area contributed by atoms with Crippen molar-refractivity contribution in [3.63, 3.8) is 0 Å². The van der Waals surface area contributed by atoms with Gasteiger partial charge in [0, 0.05) is 12.3 Å². The maximum absolute atomic E-state index is 10.4. The summed E-state index contributed by atoms with van der Waals surface area (Å²) in [5, 5.41) is 10.4. The Bertz CT molecular complexity index is 285. The summed E-state index contributed by atoms with van der Waals surface area (Å²) < 4.78 is 4.93. The fraction of sp³-hybridized carbons (Fsp3) is 0.375. The van der Waals surface area contributed by atoms with Gasteiger partial charge in [0.1, 0.15) is 0 Å². The van der Waals surface area contributed by atoms with Gasteiger partial charge in [-0.25, -0.2) is 0 Å². The van der Waals surface area contributed by atoms with Crippen molar-refractivity contribution in [1.29, 1.82) is 0 Å². The van der Waals surface area contributed by atoms with Crippen LogP contribution in [-0.4, -0.2) is 10.8 Å². The number of hydrogen-bond donors (Lipinski definition) is 0. The van der Waals surface area contributed by atoms with Crippen molar-refractivity contribution in [1.82, 2.24) is 0 Å². The average Bonchev–Trinajstić information content (AvgIpc) is 2.53. The molecule has 0 saturated heterocycles. The summed E-state index contributed by atoms with van der Waals surface area (Å²) in [5.74, 6) is 0.862. The van der Waals surface area contributed by atoms with E-state index in [2.05, 4.69) is 0 Å². The van der Waals surface area contributed by atoms with Crippen LogP contribution >= 0.6 is 11.6 Å². The summed E-state index contributed by atoms with van der Waals surface area (Å²) in [6, 6.07) is 1.34. The van der Waals surface area contributed by atoms with Gasteiger partial charge in [-0.05, 0) is 12.8 Å². The Morgan fingerprint density at radius 3 is 3.08 bits per heavy atom. The molecule has 0 N–H and O–H groups in total. The summed E-state index contributed by atoms with van der Waals surface area (Å²) in [7, 11) is 0. The summed E-state index contributed by atoms with van der Waals surface area (Å²) in [6.45, 7) is 0. The maximum atomic E-state index is 10.4. The first-order chi connectivity index (χ1) is 6.25. The van der Waals surface area contributed by atoms with E-state index in [1.54, 1.807) is 6.42 Å². The van der Waals surface area contributed by atoms with E-state index in [1.807, 2.05) is 0 Å². The molecule has 0 unspecified atom stereocenters. The van der Waals surface area contributed by atoms with Crippen LogP contribution in [0.4, 0.5) is 5.69 Å². The van der Waals surface area contributed by atoms with Crippen LogP contribution in [0, 0.1) is 16.5 Å². The molecule has 0 aromatic carbocycles. The lowest BCUT2D eigenvalue weighted by molar-refractivity contribution is -0.385. The Labute approximate surface area is 80.6 Å². The van der Waals surface area contributed by atoms with E-state index in [0.29, 0.717) is 18.1 Å². The lowest BCUT2D eigenvalue weighted by atomic mass is 10.2. The minimum atomic E-state index is -0.462. The molecule has 1 rings (SSSR count). The quantitative estimate of drug-likeness (QED) is 0.319. The SMILES string of the molecule is O=[N+]([O-])c1ccoc1[CH]CCCCl. The minimum absolute atomic E-state index is 0.00886. The average molecular weight is 203 g/mol. The molecular weight excluding hydrogens is 194 g/mol. The predicted molar refractivity (Wildman–Crippen MR) is 48.7 cm³/mol. The Hall–Kier alpha value is -1.03. The van der Waals surface area contributed by atoms with Crippen LogP contribution in [0.2, 0.25) is 0 Å². The van der Waals surface area contributed by atoms with E-state index in [4.69, 9.17) is 16.0 Å². The van der Waals surface area contributed by atoms with Crippen LogP contribution in [0.1, 0.15) is 18.6 Å². The Kier molecular flexibility index (Phi) is 3.76. The second kappa shape index (κ2) is 4.87. The molecule has 0 atom stereocenters. The van der Waals surface area contributed by atoms with E-state index >= 15 is 0 Å². The first-order valence-electron chi connectivity index (χ1n) is 3.86. The zero-order valence-electron chi connectivity index (χ0n) is 6.90. The number of furan rings is 1. The van der Waals surface area contributed by atoms with E-state index in [0.717, 1.165) is 6.42 Å². The normalized spacial score (nSPS) is 10.2. The van der Waals surface area contributed by atoms with E-state index in [1.165, 1.54) is 12.3 Å². The fourth-order valence-corrected chi connectivity index (χ4v) is 1.08. The van der Waals surface area contributed by atoms with E-state index in [-0.39, 0.29) is 5.69 Å². The lowest BCUT2D eigenvalue weighted by Crippen LogP contribution is -1.90. The van der Waals surface area contributed by atoms with Gasteiger partial charge in [-0.2, -0.15) is 0 Å². The molecule has 4 nitrogen and oxygen atoms in total. The van der Waals surface area contributed by atoms with Gasteiger partial charge in [0.05, 0.1) is 17.3 Å². The van der Waals surface area contributed by atoms with E-state index < -0.39 is 4.92 Å². The lowest BCUT2D eigenvalue weighted by Gasteiger charge is -1.94. The molecule has 0 fully saturated rings. The number of unbranched alkanes of at least 4 members (excludes halogenated alkanes) is 1. The second-order valence-corrected chi connectivity index (χ2v) is 2.84. The number of halogens is 1. The van der Waals surface area contributed by atoms with Crippen molar-refractivity contribution in [2.24, 2.45) is 0 Å². The molecule has 5 heteroatoms. The molecule has 71 valence electrons. The number of hydrogen-bond acceptors (Lipinski definition) is 3. The predicted octanol–water partition coefficient (Wildman–Crippen LogP) is 2.76. The zero-order valence-corrected chi connectivity index (χ0v) is 7.66. The first kappa shape index (κ1) is 10.1. The van der Waals surface area contributed by atoms with Crippen LogP contribution < -0.4 is 0 Å². The third-order valence-electron chi connectivity index (χ3n) is 1.54. The van der Waals surface area contributed by atoms with Gasteiger partial charge in [0.2, 0.25) is 0 Å². The van der Waals surface area contributed by atoms with Crippen molar-refractivity contribution in [3.05, 3.63) is 34.6 Å². The first-order valence-corrected chi connectivity index (χ1v) is 4.40. The van der Waals surface area contributed by atoms with Crippen LogP contribution in [0.5, 0.6) is 0 Å². The van der Waals surface area contributed by atoms with Crippen LogP contribution in [0.25, 0.3) is 0 Å². The van der Waals surface area contributed by atoms with Gasteiger partial charge in [-0.1, -0.05) is 0 Å². The molecule has 0 amide bonds. The van der Waals surface area contributed by atoms with Crippen LogP contribution in [0.15, 0.2) is 16.7 Å². The largest absolute Gasteiger partial charge is 0.462 e. The molecule has 0 aliphatic carbocycles. The topological polar surface area (TPSA) is 56.3 Å². The van der Waals surface area contributed by atoms with Gasteiger partial charge in [-0.3, -0.25) is 10.1 Å². The summed E-state index contributed by atoms with van der Waals surface area (Å²) in [5.41, 5.74) is 0.00886. The third kappa shape index (κ3) is 2.73. The third-order valence-corrected chi connectivity index (χ3v) is 1.80. The van der Waals surface area contributed by atoms with E-state index in [9.17, 15) is 10.1 Å². The van der Waals surface area contributed by atoms with Crippen molar-refractivity contribution < 1.29 is 9.34 Å². The molecule has 1 heterocycles. The molecule has 0 saturated carbocycles. The summed E-state index contributed by atoms with van der Waals surface area (Å²) in [4.78, 5) is 9.95. The summed E-state index contributed by atoms with van der Waals surface area (Å²) in [6.07, 6.45) is 4.47. The van der Waals surface area contributed by atoms with Gasteiger partial charge in [-0.15, -0.1) is 11.6 Å². The fourth-order valence-electron chi connectivity index (χ4n) is 0.928. The molecule has 1 aromatic heterocycles. The van der Waals surface area contributed by atoms with Crippen molar-refractivity contribution in [2.45, 2.75) is 12.8 Å². The number of nitro groups is 1. The minimum Gasteiger partial charge on any atom is -0.462 e. The van der Waals surface area contributed by atoms with Gasteiger partial charge < -0.3 is 4.42 Å². The standard InChI is InChI=1S/C8H9ClNO3/c9-5-2-1-3-8-7(10(11)12)4-6-13-8/h3-4,6H,1-2,5H2. The molecule has 1 radical (unpaired) electrons. The molecule has 1 aromatic rings. The number of alkyl halides is 1. The Balaban J connectivity index is 2.55. The monoisotopic (exact) mass is 202 g/mol. The van der Waals surface area contributed by atoms with Gasteiger partial charge >= 0.3 is 5.69 Å². The van der Waals surface area contributed by atoms with Crippen molar-refractivity contribution in [3.8, 4) is 0 Å². The highest BCUT2D eigenvalue weighted by molar-refractivity contribution is 6.17. The molecule has 13 heavy (non-hydrogen) atoms. The maximum Gasteiger partial charge on any atom is 0.310 e. The molecular formula is C8H9ClNO3. The van der Waals surface area contributed by atoms with Crippen LogP contribution in [-0.2, 0) is 0 Å². The smallest absolute Gasteiger partial charge is 0.310 e. The van der Waals surface area contributed by atoms with Crippen LogP contribution in [0.3, 0.4) is 0 Å². The van der Waals surface area contributed by atoms with Crippen molar-refractivity contribution in [2.75, 3.05) is 5.88 Å². The zero-order chi connectivity index (χ0) is 9.68. The summed E-state index contributed by atoms with van der Waals surface area (Å²) >= 11 is 5.46. The Morgan fingerprint density at radius 1 is 1.69 bits per heavy atom. The highest BCUT2D eigenvalue weighted by Crippen LogP contribution is 2.22. The number of rotatable bonds is 5. The molecule has 0 aliphatic rings. The van der Waals surface area contributed by atoms with Crippen molar-refractivity contribution >= 4 is 17.3 Å². The Morgan fingerprint density at radius 2 is 2.46 bits per heavy atom.